The highest BCUT2D eigenvalue weighted by molar-refractivity contribution is 5.95. The van der Waals surface area contributed by atoms with E-state index in [9.17, 15) is 14.7 Å². The molecule has 3 rings (SSSR count). The Balaban J connectivity index is 1.99. The van der Waals surface area contributed by atoms with E-state index >= 15 is 0 Å². The number of methoxy groups -OCH3 is 2. The SMILES string of the molecule is COc1cc(OC)cc([C@@H](Nc2ccc(C(=N)N)cc2)C(=O)N[C@H](C(=O)O)c2ccccc2)c1. The van der Waals surface area contributed by atoms with Crippen molar-refractivity contribution in [3.8, 4) is 11.5 Å². The van der Waals surface area contributed by atoms with Crippen molar-refractivity contribution in [3.05, 3.63) is 89.5 Å². The monoisotopic (exact) mass is 462 g/mol. The Hall–Kier alpha value is -4.53. The third-order valence-electron chi connectivity index (χ3n) is 5.14. The fourth-order valence-electron chi connectivity index (χ4n) is 3.37. The number of benzene rings is 3. The standard InChI is InChI=1S/C25H26N4O5/c1-33-19-12-17(13-20(14-19)34-2)21(28-18-10-8-16(9-11-18)23(26)27)24(30)29-22(25(31)32)15-6-4-3-5-7-15/h3-14,21-22,28H,1-2H3,(H3,26,27)(H,29,30)(H,31,32)/t21-,22+/m1/s1. The van der Waals surface area contributed by atoms with Crippen molar-refractivity contribution < 1.29 is 24.2 Å². The van der Waals surface area contributed by atoms with Crippen LogP contribution in [0.25, 0.3) is 0 Å². The highest BCUT2D eigenvalue weighted by Gasteiger charge is 2.28. The topological polar surface area (TPSA) is 147 Å². The first kappa shape index (κ1) is 24.1. The number of amidine groups is 1. The summed E-state index contributed by atoms with van der Waals surface area (Å²) >= 11 is 0. The van der Waals surface area contributed by atoms with Crippen LogP contribution in [0.1, 0.15) is 28.8 Å². The summed E-state index contributed by atoms with van der Waals surface area (Å²) in [5.74, 6) is -0.891. The average Bonchev–Trinajstić information content (AvgIpc) is 2.85. The summed E-state index contributed by atoms with van der Waals surface area (Å²) in [5.41, 5.74) is 7.56. The molecule has 1 amide bonds. The summed E-state index contributed by atoms with van der Waals surface area (Å²) in [5, 5.41) is 23.1. The fourth-order valence-corrected chi connectivity index (χ4v) is 3.37. The molecule has 0 saturated carbocycles. The van der Waals surface area contributed by atoms with Crippen LogP contribution >= 0.6 is 0 Å². The quantitative estimate of drug-likeness (QED) is 0.230. The lowest BCUT2D eigenvalue weighted by Gasteiger charge is -2.24. The molecule has 6 N–H and O–H groups in total. The van der Waals surface area contributed by atoms with E-state index in [2.05, 4.69) is 10.6 Å². The number of hydrogen-bond acceptors (Lipinski definition) is 6. The Morgan fingerprint density at radius 2 is 1.47 bits per heavy atom. The second-order valence-corrected chi connectivity index (χ2v) is 7.40. The summed E-state index contributed by atoms with van der Waals surface area (Å²) in [4.78, 5) is 25.4. The molecule has 0 fully saturated rings. The number of ether oxygens (including phenoxy) is 2. The van der Waals surface area contributed by atoms with E-state index in [1.807, 2.05) is 0 Å². The summed E-state index contributed by atoms with van der Waals surface area (Å²) in [6.07, 6.45) is 0. The number of carbonyl (C=O) groups excluding carboxylic acids is 1. The normalized spacial score (nSPS) is 12.2. The molecule has 0 aromatic heterocycles. The van der Waals surface area contributed by atoms with Crippen LogP contribution in [-0.4, -0.2) is 37.0 Å². The minimum atomic E-state index is -1.24. The second kappa shape index (κ2) is 10.9. The molecular weight excluding hydrogens is 436 g/mol. The number of carboxylic acids is 1. The van der Waals surface area contributed by atoms with E-state index in [0.29, 0.717) is 33.9 Å². The van der Waals surface area contributed by atoms with Crippen molar-refractivity contribution in [1.82, 2.24) is 5.32 Å². The Morgan fingerprint density at radius 3 is 1.97 bits per heavy atom. The van der Waals surface area contributed by atoms with Gasteiger partial charge in [0.2, 0.25) is 5.91 Å². The molecule has 0 heterocycles. The maximum Gasteiger partial charge on any atom is 0.330 e. The third-order valence-corrected chi connectivity index (χ3v) is 5.14. The number of anilines is 1. The van der Waals surface area contributed by atoms with Crippen LogP contribution in [0.15, 0.2) is 72.8 Å². The van der Waals surface area contributed by atoms with Gasteiger partial charge in [-0.1, -0.05) is 30.3 Å². The van der Waals surface area contributed by atoms with Gasteiger partial charge in [-0.25, -0.2) is 4.79 Å². The number of nitrogens with two attached hydrogens (primary N) is 1. The van der Waals surface area contributed by atoms with E-state index in [1.54, 1.807) is 72.8 Å². The fraction of sp³-hybridized carbons (Fsp3) is 0.160. The number of nitrogen functional groups attached to an aromatic ring is 1. The van der Waals surface area contributed by atoms with Gasteiger partial charge in [0, 0.05) is 17.3 Å². The third kappa shape index (κ3) is 5.83. The van der Waals surface area contributed by atoms with Crippen LogP contribution in [0.5, 0.6) is 11.5 Å². The van der Waals surface area contributed by atoms with Gasteiger partial charge in [0.25, 0.3) is 0 Å². The molecule has 0 unspecified atom stereocenters. The number of amides is 1. The van der Waals surface area contributed by atoms with Crippen LogP contribution in [0.2, 0.25) is 0 Å². The molecule has 0 aliphatic heterocycles. The summed E-state index contributed by atoms with van der Waals surface area (Å²) < 4.78 is 10.7. The van der Waals surface area contributed by atoms with Gasteiger partial charge in [-0.05, 0) is 47.5 Å². The molecular formula is C25H26N4O5. The van der Waals surface area contributed by atoms with Crippen molar-refractivity contribution in [3.63, 3.8) is 0 Å². The van der Waals surface area contributed by atoms with Crippen molar-refractivity contribution in [2.75, 3.05) is 19.5 Å². The molecule has 0 radical (unpaired) electrons. The lowest BCUT2D eigenvalue weighted by Crippen LogP contribution is -2.39. The van der Waals surface area contributed by atoms with Gasteiger partial charge in [0.05, 0.1) is 14.2 Å². The van der Waals surface area contributed by atoms with E-state index in [0.717, 1.165) is 0 Å². The van der Waals surface area contributed by atoms with Gasteiger partial charge in [-0.2, -0.15) is 0 Å². The summed E-state index contributed by atoms with van der Waals surface area (Å²) in [7, 11) is 2.99. The Morgan fingerprint density at radius 1 is 0.882 bits per heavy atom. The predicted octanol–water partition coefficient (Wildman–Crippen LogP) is 3.08. The lowest BCUT2D eigenvalue weighted by atomic mass is 10.0. The maximum atomic E-state index is 13.4. The van der Waals surface area contributed by atoms with Crippen LogP contribution < -0.4 is 25.8 Å². The van der Waals surface area contributed by atoms with Crippen molar-refractivity contribution in [1.29, 1.82) is 5.41 Å². The number of hydrogen-bond donors (Lipinski definition) is 5. The zero-order valence-electron chi connectivity index (χ0n) is 18.7. The highest BCUT2D eigenvalue weighted by Crippen LogP contribution is 2.29. The van der Waals surface area contributed by atoms with Gasteiger partial charge in [-0.15, -0.1) is 0 Å². The van der Waals surface area contributed by atoms with E-state index in [4.69, 9.17) is 20.6 Å². The predicted molar refractivity (Wildman–Crippen MR) is 128 cm³/mol. The Kier molecular flexibility index (Phi) is 7.71. The average molecular weight is 463 g/mol. The number of rotatable bonds is 10. The van der Waals surface area contributed by atoms with Crippen LogP contribution in [-0.2, 0) is 9.59 Å². The molecule has 9 heteroatoms. The summed E-state index contributed by atoms with van der Waals surface area (Å²) in [6.45, 7) is 0. The molecule has 0 aliphatic carbocycles. The first-order valence-electron chi connectivity index (χ1n) is 10.3. The Bertz CT molecular complexity index is 1140. The molecule has 0 bridgehead atoms. The van der Waals surface area contributed by atoms with Crippen molar-refractivity contribution >= 4 is 23.4 Å². The number of carbonyl (C=O) groups is 2. The molecule has 0 aliphatic rings. The van der Waals surface area contributed by atoms with Gasteiger partial charge >= 0.3 is 5.97 Å². The molecule has 3 aromatic rings. The molecule has 176 valence electrons. The Labute approximate surface area is 197 Å². The summed E-state index contributed by atoms with van der Waals surface area (Å²) in [6, 6.07) is 17.9. The van der Waals surface area contributed by atoms with Gasteiger partial charge in [0.1, 0.15) is 23.4 Å². The number of carboxylic acid groups (broad SMARTS) is 1. The molecule has 9 nitrogen and oxygen atoms in total. The molecule has 0 saturated heterocycles. The van der Waals surface area contributed by atoms with E-state index < -0.39 is 24.0 Å². The first-order valence-corrected chi connectivity index (χ1v) is 10.3. The number of nitrogens with one attached hydrogen (secondary N) is 3. The second-order valence-electron chi connectivity index (χ2n) is 7.40. The van der Waals surface area contributed by atoms with E-state index in [-0.39, 0.29) is 5.84 Å². The smallest absolute Gasteiger partial charge is 0.330 e. The van der Waals surface area contributed by atoms with Gasteiger partial charge in [-0.3, -0.25) is 10.2 Å². The molecule has 34 heavy (non-hydrogen) atoms. The van der Waals surface area contributed by atoms with Crippen LogP contribution in [0.3, 0.4) is 0 Å². The van der Waals surface area contributed by atoms with Gasteiger partial charge in [0.15, 0.2) is 6.04 Å². The largest absolute Gasteiger partial charge is 0.497 e. The highest BCUT2D eigenvalue weighted by atomic mass is 16.5. The first-order chi connectivity index (χ1) is 16.3. The van der Waals surface area contributed by atoms with Gasteiger partial charge < -0.3 is 30.9 Å². The van der Waals surface area contributed by atoms with Crippen LogP contribution in [0.4, 0.5) is 5.69 Å². The van der Waals surface area contributed by atoms with Crippen LogP contribution in [0, 0.1) is 5.41 Å². The number of aliphatic carboxylic acids is 1. The molecule has 2 atom stereocenters. The molecule has 3 aromatic carbocycles. The van der Waals surface area contributed by atoms with E-state index in [1.165, 1.54) is 14.2 Å². The minimum absolute atomic E-state index is 0.0782. The molecule has 0 spiro atoms. The zero-order chi connectivity index (χ0) is 24.7. The lowest BCUT2D eigenvalue weighted by molar-refractivity contribution is -0.142. The van der Waals surface area contributed by atoms with Crippen molar-refractivity contribution in [2.45, 2.75) is 12.1 Å². The maximum absolute atomic E-state index is 13.4. The zero-order valence-corrected chi connectivity index (χ0v) is 18.7. The minimum Gasteiger partial charge on any atom is -0.497 e. The van der Waals surface area contributed by atoms with Crippen molar-refractivity contribution in [2.24, 2.45) is 5.73 Å².